The normalized spacial score (nSPS) is 37.9. The van der Waals surface area contributed by atoms with E-state index in [4.69, 9.17) is 4.74 Å². The molecule has 0 bridgehead atoms. The lowest BCUT2D eigenvalue weighted by Gasteiger charge is -2.58. The average Bonchev–Trinajstić information content (AvgIpc) is 3.19. The molecule has 4 aliphatic rings. The Morgan fingerprint density at radius 1 is 1.27 bits per heavy atom. The summed E-state index contributed by atoms with van der Waals surface area (Å²) in [6.45, 7) is 6.51. The zero-order valence-corrected chi connectivity index (χ0v) is 16.3. The number of benzene rings is 1. The Balaban J connectivity index is 1.77. The second-order valence-corrected chi connectivity index (χ2v) is 8.85. The molecule has 0 N–H and O–H groups in total. The lowest BCUT2D eigenvalue weighted by Crippen LogP contribution is -2.65. The van der Waals surface area contributed by atoms with E-state index < -0.39 is 0 Å². The van der Waals surface area contributed by atoms with Crippen molar-refractivity contribution in [3.63, 3.8) is 0 Å². The monoisotopic (exact) mass is 354 g/mol. The molecular formula is C22H30N2O2. The van der Waals surface area contributed by atoms with Gasteiger partial charge in [0, 0.05) is 24.4 Å². The Labute approximate surface area is 156 Å². The standard InChI is InChI=1S/C22H30N2O2/c1-4-21-10-6-13-23-14-12-22(20(21)23)16-7-5-8-17(26-3)19(16)24(15(2)25)18(22)9-11-21/h5,7-8,18,20H,4,6,9-14H2,1-3H3/t18-,20-,21-,22?/m1/s1. The molecule has 3 fully saturated rings. The van der Waals surface area contributed by atoms with Crippen molar-refractivity contribution in [3.05, 3.63) is 23.8 Å². The molecule has 1 aromatic carbocycles. The van der Waals surface area contributed by atoms with Crippen molar-refractivity contribution >= 4 is 11.6 Å². The minimum atomic E-state index is 0.0875. The second kappa shape index (κ2) is 5.48. The van der Waals surface area contributed by atoms with E-state index in [1.165, 1.54) is 50.8 Å². The highest BCUT2D eigenvalue weighted by atomic mass is 16.5. The van der Waals surface area contributed by atoms with Crippen molar-refractivity contribution in [3.8, 4) is 5.75 Å². The van der Waals surface area contributed by atoms with Crippen molar-refractivity contribution in [2.45, 2.75) is 69.9 Å². The van der Waals surface area contributed by atoms with Crippen molar-refractivity contribution in [2.24, 2.45) is 5.41 Å². The maximum Gasteiger partial charge on any atom is 0.224 e. The molecule has 4 heteroatoms. The van der Waals surface area contributed by atoms with Crippen molar-refractivity contribution in [1.82, 2.24) is 4.90 Å². The Hall–Kier alpha value is -1.55. The van der Waals surface area contributed by atoms with E-state index in [0.29, 0.717) is 17.5 Å². The first-order valence-electron chi connectivity index (χ1n) is 10.3. The number of ether oxygens (including phenoxy) is 1. The smallest absolute Gasteiger partial charge is 0.224 e. The molecule has 4 atom stereocenters. The van der Waals surface area contributed by atoms with E-state index in [-0.39, 0.29) is 11.3 Å². The average molecular weight is 354 g/mol. The van der Waals surface area contributed by atoms with Gasteiger partial charge in [0.15, 0.2) is 0 Å². The molecule has 1 amide bonds. The van der Waals surface area contributed by atoms with Gasteiger partial charge in [0.2, 0.25) is 5.91 Å². The van der Waals surface area contributed by atoms with Gasteiger partial charge in [-0.2, -0.15) is 0 Å². The highest BCUT2D eigenvalue weighted by Gasteiger charge is 2.68. The zero-order chi connectivity index (χ0) is 18.1. The first-order chi connectivity index (χ1) is 12.6. The molecule has 3 aliphatic heterocycles. The number of methoxy groups -OCH3 is 1. The predicted molar refractivity (Wildman–Crippen MR) is 103 cm³/mol. The van der Waals surface area contributed by atoms with Gasteiger partial charge in [-0.25, -0.2) is 0 Å². The van der Waals surface area contributed by atoms with Crippen molar-refractivity contribution in [1.29, 1.82) is 0 Å². The third kappa shape index (κ3) is 1.77. The summed E-state index contributed by atoms with van der Waals surface area (Å²) in [5.41, 5.74) is 2.94. The van der Waals surface area contributed by atoms with Crippen LogP contribution >= 0.6 is 0 Å². The number of para-hydroxylation sites is 1. The molecule has 0 aromatic heterocycles. The molecule has 140 valence electrons. The van der Waals surface area contributed by atoms with Crippen molar-refractivity contribution in [2.75, 3.05) is 25.1 Å². The number of hydrogen-bond acceptors (Lipinski definition) is 3. The lowest BCUT2D eigenvalue weighted by atomic mass is 9.52. The highest BCUT2D eigenvalue weighted by Crippen LogP contribution is 2.66. The van der Waals surface area contributed by atoms with Crippen LogP contribution in [0.1, 0.15) is 57.9 Å². The van der Waals surface area contributed by atoms with Gasteiger partial charge < -0.3 is 9.64 Å². The molecular weight excluding hydrogens is 324 g/mol. The highest BCUT2D eigenvalue weighted by molar-refractivity contribution is 5.98. The predicted octanol–water partition coefficient (Wildman–Crippen LogP) is 3.73. The first kappa shape index (κ1) is 16.6. The SMILES string of the molecule is CC[C@@]12CCCN3CCC4(c5cccc(OC)c5N(C(C)=O)[C@@H]4CC1)[C@H]32. The Kier molecular flexibility index (Phi) is 3.50. The maximum atomic E-state index is 12.8. The third-order valence-electron chi connectivity index (χ3n) is 8.19. The molecule has 1 aromatic rings. The van der Waals surface area contributed by atoms with Gasteiger partial charge in [0.05, 0.1) is 12.8 Å². The molecule has 1 saturated carbocycles. The van der Waals surface area contributed by atoms with Gasteiger partial charge in [-0.15, -0.1) is 0 Å². The van der Waals surface area contributed by atoms with Gasteiger partial charge in [0.25, 0.3) is 0 Å². The molecule has 1 aliphatic carbocycles. The molecule has 26 heavy (non-hydrogen) atoms. The molecule has 5 rings (SSSR count). The van der Waals surface area contributed by atoms with Gasteiger partial charge in [-0.3, -0.25) is 9.69 Å². The van der Waals surface area contributed by atoms with Crippen LogP contribution in [0.3, 0.4) is 0 Å². The third-order valence-corrected chi connectivity index (χ3v) is 8.19. The number of anilines is 1. The summed E-state index contributed by atoms with van der Waals surface area (Å²) >= 11 is 0. The van der Waals surface area contributed by atoms with Crippen LogP contribution in [-0.4, -0.2) is 43.1 Å². The Bertz CT molecular complexity index is 763. The minimum Gasteiger partial charge on any atom is -0.495 e. The van der Waals surface area contributed by atoms with Crippen LogP contribution in [0.5, 0.6) is 5.75 Å². The number of rotatable bonds is 2. The summed E-state index contributed by atoms with van der Waals surface area (Å²) in [6, 6.07) is 7.30. The van der Waals surface area contributed by atoms with E-state index >= 15 is 0 Å². The summed E-state index contributed by atoms with van der Waals surface area (Å²) in [4.78, 5) is 17.6. The topological polar surface area (TPSA) is 32.8 Å². The molecule has 1 spiro atoms. The maximum absolute atomic E-state index is 12.8. The largest absolute Gasteiger partial charge is 0.495 e. The van der Waals surface area contributed by atoms with E-state index in [0.717, 1.165) is 17.9 Å². The lowest BCUT2D eigenvalue weighted by molar-refractivity contribution is -0.118. The fourth-order valence-electron chi connectivity index (χ4n) is 7.37. The van der Waals surface area contributed by atoms with Crippen LogP contribution in [0, 0.1) is 5.41 Å². The van der Waals surface area contributed by atoms with E-state index in [9.17, 15) is 4.79 Å². The van der Waals surface area contributed by atoms with Gasteiger partial charge in [0.1, 0.15) is 5.75 Å². The van der Waals surface area contributed by atoms with Gasteiger partial charge in [-0.1, -0.05) is 19.1 Å². The van der Waals surface area contributed by atoms with Crippen LogP contribution < -0.4 is 9.64 Å². The Morgan fingerprint density at radius 3 is 2.85 bits per heavy atom. The van der Waals surface area contributed by atoms with E-state index in [1.807, 2.05) is 6.07 Å². The second-order valence-electron chi connectivity index (χ2n) is 8.85. The number of piperidine rings is 1. The van der Waals surface area contributed by atoms with Crippen LogP contribution in [0.25, 0.3) is 0 Å². The summed E-state index contributed by atoms with van der Waals surface area (Å²) in [6.07, 6.45) is 7.47. The number of hydrogen-bond donors (Lipinski definition) is 0. The summed E-state index contributed by atoms with van der Waals surface area (Å²) in [5.74, 6) is 1.02. The fraction of sp³-hybridized carbons (Fsp3) is 0.682. The van der Waals surface area contributed by atoms with E-state index in [2.05, 4.69) is 28.9 Å². The number of amides is 1. The molecule has 2 saturated heterocycles. The fourth-order valence-corrected chi connectivity index (χ4v) is 7.37. The first-order valence-corrected chi connectivity index (χ1v) is 10.3. The van der Waals surface area contributed by atoms with Crippen LogP contribution in [0.4, 0.5) is 5.69 Å². The molecule has 4 nitrogen and oxygen atoms in total. The molecule has 3 heterocycles. The number of nitrogens with zero attached hydrogens (tertiary/aromatic N) is 2. The number of fused-ring (bicyclic) bond motifs is 1. The summed E-state index contributed by atoms with van der Waals surface area (Å²) in [7, 11) is 1.73. The van der Waals surface area contributed by atoms with Crippen molar-refractivity contribution < 1.29 is 9.53 Å². The summed E-state index contributed by atoms with van der Waals surface area (Å²) in [5, 5.41) is 0. The van der Waals surface area contributed by atoms with Crippen LogP contribution in [-0.2, 0) is 10.2 Å². The zero-order valence-electron chi connectivity index (χ0n) is 16.3. The van der Waals surface area contributed by atoms with Gasteiger partial charge in [-0.05, 0) is 68.7 Å². The Morgan fingerprint density at radius 2 is 2.12 bits per heavy atom. The summed E-state index contributed by atoms with van der Waals surface area (Å²) < 4.78 is 5.73. The number of carbonyl (C=O) groups excluding carboxylic acids is 1. The van der Waals surface area contributed by atoms with Crippen LogP contribution in [0.2, 0.25) is 0 Å². The van der Waals surface area contributed by atoms with E-state index in [1.54, 1.807) is 14.0 Å². The quantitative estimate of drug-likeness (QED) is 0.811. The number of carbonyl (C=O) groups is 1. The molecule has 0 radical (unpaired) electrons. The van der Waals surface area contributed by atoms with Crippen LogP contribution in [0.15, 0.2) is 18.2 Å². The molecule has 1 unspecified atom stereocenters. The van der Waals surface area contributed by atoms with Gasteiger partial charge >= 0.3 is 0 Å². The minimum absolute atomic E-state index is 0.0875.